The van der Waals surface area contributed by atoms with Gasteiger partial charge in [-0.3, -0.25) is 4.79 Å². The van der Waals surface area contributed by atoms with E-state index in [0.29, 0.717) is 18.3 Å². The first-order valence-electron chi connectivity index (χ1n) is 5.39. The number of nitrogens with zero attached hydrogens (tertiary/aromatic N) is 1. The van der Waals surface area contributed by atoms with E-state index in [9.17, 15) is 4.79 Å². The summed E-state index contributed by atoms with van der Waals surface area (Å²) < 4.78 is 0. The molecule has 1 atom stereocenters. The third-order valence-corrected chi connectivity index (χ3v) is 2.72. The van der Waals surface area contributed by atoms with Crippen LogP contribution in [-0.4, -0.2) is 29.8 Å². The molecule has 0 aliphatic rings. The number of rotatable bonds is 6. The molecule has 3 heteroatoms. The summed E-state index contributed by atoms with van der Waals surface area (Å²) in [6.45, 7) is 9.72. The molecule has 0 aromatic heterocycles. The van der Waals surface area contributed by atoms with E-state index in [2.05, 4.69) is 20.8 Å². The van der Waals surface area contributed by atoms with Crippen molar-refractivity contribution >= 4 is 17.5 Å². The van der Waals surface area contributed by atoms with Gasteiger partial charge in [0.25, 0.3) is 0 Å². The Morgan fingerprint density at radius 2 is 1.86 bits per heavy atom. The van der Waals surface area contributed by atoms with E-state index in [1.165, 1.54) is 0 Å². The largest absolute Gasteiger partial charge is 0.341 e. The third kappa shape index (κ3) is 4.32. The average Bonchev–Trinajstić information content (AvgIpc) is 2.15. The molecule has 1 amide bonds. The zero-order valence-corrected chi connectivity index (χ0v) is 10.5. The lowest BCUT2D eigenvalue weighted by molar-refractivity contribution is -0.136. The fourth-order valence-electron chi connectivity index (χ4n) is 1.28. The predicted octanol–water partition coefficient (Wildman–Crippen LogP) is 2.76. The van der Waals surface area contributed by atoms with Gasteiger partial charge in [0, 0.05) is 24.9 Å². The molecule has 0 saturated heterocycles. The van der Waals surface area contributed by atoms with Crippen LogP contribution in [0.2, 0.25) is 0 Å². The summed E-state index contributed by atoms with van der Waals surface area (Å²) in [5.41, 5.74) is 0. The minimum absolute atomic E-state index is 0.102. The average molecular weight is 220 g/mol. The molecule has 1 unspecified atom stereocenters. The minimum atomic E-state index is 0.102. The summed E-state index contributed by atoms with van der Waals surface area (Å²) in [4.78, 5) is 13.8. The summed E-state index contributed by atoms with van der Waals surface area (Å²) in [5, 5.41) is 0. The molecule has 0 N–H and O–H groups in total. The van der Waals surface area contributed by atoms with Gasteiger partial charge in [-0.1, -0.05) is 27.7 Å². The zero-order valence-electron chi connectivity index (χ0n) is 9.72. The van der Waals surface area contributed by atoms with Gasteiger partial charge in [-0.2, -0.15) is 0 Å². The predicted molar refractivity (Wildman–Crippen MR) is 61.6 cm³/mol. The number of carbonyl (C=O) groups is 1. The number of hydrogen-bond acceptors (Lipinski definition) is 1. The van der Waals surface area contributed by atoms with Crippen LogP contribution in [-0.2, 0) is 4.79 Å². The second-order valence-electron chi connectivity index (χ2n) is 4.05. The van der Waals surface area contributed by atoms with Gasteiger partial charge in [-0.05, 0) is 12.3 Å². The van der Waals surface area contributed by atoms with E-state index in [1.54, 1.807) is 0 Å². The van der Waals surface area contributed by atoms with E-state index in [1.807, 2.05) is 11.8 Å². The number of carbonyl (C=O) groups excluding carboxylic acids is 1. The molecule has 0 bridgehead atoms. The first kappa shape index (κ1) is 13.8. The maximum Gasteiger partial charge on any atom is 0.225 e. The Morgan fingerprint density at radius 1 is 1.29 bits per heavy atom. The minimum Gasteiger partial charge on any atom is -0.341 e. The molecule has 0 saturated carbocycles. The Bertz CT molecular complexity index is 165. The van der Waals surface area contributed by atoms with Crippen molar-refractivity contribution in [3.63, 3.8) is 0 Å². The van der Waals surface area contributed by atoms with Gasteiger partial charge in [-0.15, -0.1) is 11.6 Å². The number of halogens is 1. The number of amides is 1. The molecule has 0 rings (SSSR count). The van der Waals surface area contributed by atoms with Crippen molar-refractivity contribution in [3.05, 3.63) is 0 Å². The van der Waals surface area contributed by atoms with E-state index < -0.39 is 0 Å². The fraction of sp³-hybridized carbons (Fsp3) is 0.909. The van der Waals surface area contributed by atoms with Gasteiger partial charge in [0.05, 0.1) is 0 Å². The van der Waals surface area contributed by atoms with Crippen LogP contribution in [0.3, 0.4) is 0 Å². The quantitative estimate of drug-likeness (QED) is 0.630. The van der Waals surface area contributed by atoms with Crippen molar-refractivity contribution in [3.8, 4) is 0 Å². The van der Waals surface area contributed by atoms with Gasteiger partial charge in [0.15, 0.2) is 0 Å². The highest BCUT2D eigenvalue weighted by molar-refractivity contribution is 6.18. The molecule has 14 heavy (non-hydrogen) atoms. The van der Waals surface area contributed by atoms with Crippen LogP contribution in [0, 0.1) is 11.8 Å². The Hall–Kier alpha value is -0.240. The van der Waals surface area contributed by atoms with E-state index in [0.717, 1.165) is 13.0 Å². The van der Waals surface area contributed by atoms with Crippen LogP contribution < -0.4 is 0 Å². The van der Waals surface area contributed by atoms with Crippen molar-refractivity contribution < 1.29 is 4.79 Å². The summed E-state index contributed by atoms with van der Waals surface area (Å²) >= 11 is 5.67. The molecule has 0 radical (unpaired) electrons. The first-order valence-corrected chi connectivity index (χ1v) is 5.92. The van der Waals surface area contributed by atoms with Crippen molar-refractivity contribution in [2.75, 3.05) is 19.0 Å². The Balaban J connectivity index is 4.26. The van der Waals surface area contributed by atoms with E-state index >= 15 is 0 Å². The van der Waals surface area contributed by atoms with Crippen LogP contribution in [0.25, 0.3) is 0 Å². The molecule has 0 fully saturated rings. The summed E-state index contributed by atoms with van der Waals surface area (Å²) in [6.07, 6.45) is 0.993. The van der Waals surface area contributed by atoms with Crippen LogP contribution >= 0.6 is 11.6 Å². The molecule has 0 aliphatic carbocycles. The highest BCUT2D eigenvalue weighted by Crippen LogP contribution is 2.13. The van der Waals surface area contributed by atoms with Gasteiger partial charge < -0.3 is 4.90 Å². The molecular formula is C11H22ClNO. The fourth-order valence-corrected chi connectivity index (χ4v) is 1.48. The lowest BCUT2D eigenvalue weighted by Crippen LogP contribution is -2.38. The second kappa shape index (κ2) is 7.10. The van der Waals surface area contributed by atoms with Gasteiger partial charge in [-0.25, -0.2) is 0 Å². The molecule has 84 valence electrons. The van der Waals surface area contributed by atoms with Gasteiger partial charge >= 0.3 is 0 Å². The molecule has 0 heterocycles. The smallest absolute Gasteiger partial charge is 0.225 e. The molecule has 2 nitrogen and oxygen atoms in total. The topological polar surface area (TPSA) is 20.3 Å². The first-order chi connectivity index (χ1) is 6.54. The third-order valence-electron chi connectivity index (χ3n) is 2.55. The maximum atomic E-state index is 11.9. The van der Waals surface area contributed by atoms with Crippen molar-refractivity contribution in [1.29, 1.82) is 0 Å². The van der Waals surface area contributed by atoms with Crippen LogP contribution in [0.15, 0.2) is 0 Å². The van der Waals surface area contributed by atoms with Crippen LogP contribution in [0.4, 0.5) is 0 Å². The summed E-state index contributed by atoms with van der Waals surface area (Å²) in [6, 6.07) is 0. The Morgan fingerprint density at radius 3 is 2.21 bits per heavy atom. The molecule has 0 aromatic rings. The van der Waals surface area contributed by atoms with Crippen molar-refractivity contribution in [2.24, 2.45) is 11.8 Å². The lowest BCUT2D eigenvalue weighted by atomic mass is 9.96. The maximum absolute atomic E-state index is 11.9. The van der Waals surface area contributed by atoms with E-state index in [-0.39, 0.29) is 11.8 Å². The number of alkyl halides is 1. The zero-order chi connectivity index (χ0) is 11.1. The van der Waals surface area contributed by atoms with Gasteiger partial charge in [0.2, 0.25) is 5.91 Å². The molecule has 0 aliphatic heterocycles. The summed E-state index contributed by atoms with van der Waals surface area (Å²) in [7, 11) is 0. The van der Waals surface area contributed by atoms with E-state index in [4.69, 9.17) is 11.6 Å². The standard InChI is InChI=1S/C11H22ClNO/c1-5-7-13(8-6-12)11(14)10(4)9(2)3/h9-10H,5-8H2,1-4H3. The number of hydrogen-bond donors (Lipinski definition) is 0. The Kier molecular flexibility index (Phi) is 6.98. The Labute approximate surface area is 92.6 Å². The van der Waals surface area contributed by atoms with Crippen LogP contribution in [0.1, 0.15) is 34.1 Å². The molecule has 0 spiro atoms. The van der Waals surface area contributed by atoms with Crippen molar-refractivity contribution in [1.82, 2.24) is 4.90 Å². The second-order valence-corrected chi connectivity index (χ2v) is 4.42. The SMILES string of the molecule is CCCN(CCCl)C(=O)C(C)C(C)C. The monoisotopic (exact) mass is 219 g/mol. The highest BCUT2D eigenvalue weighted by atomic mass is 35.5. The lowest BCUT2D eigenvalue weighted by Gasteiger charge is -2.26. The highest BCUT2D eigenvalue weighted by Gasteiger charge is 2.21. The molecule has 0 aromatic carbocycles. The summed E-state index contributed by atoms with van der Waals surface area (Å²) in [5.74, 6) is 1.26. The molecular weight excluding hydrogens is 198 g/mol. The normalized spacial score (nSPS) is 13.0. The van der Waals surface area contributed by atoms with Crippen molar-refractivity contribution in [2.45, 2.75) is 34.1 Å². The van der Waals surface area contributed by atoms with Gasteiger partial charge in [0.1, 0.15) is 0 Å². The van der Waals surface area contributed by atoms with Crippen LogP contribution in [0.5, 0.6) is 0 Å².